The summed E-state index contributed by atoms with van der Waals surface area (Å²) >= 11 is 0. The SMILES string of the molecule is CC(N)CCC(=O)N1CCc2ccccc2C1C(=O)O. The Bertz CT molecular complexity index is 514. The van der Waals surface area contributed by atoms with E-state index in [2.05, 4.69) is 0 Å². The molecule has 0 bridgehead atoms. The molecule has 0 saturated heterocycles. The minimum atomic E-state index is -0.980. The lowest BCUT2D eigenvalue weighted by Gasteiger charge is -2.35. The molecule has 1 aliphatic heterocycles. The van der Waals surface area contributed by atoms with Crippen LogP contribution in [0.3, 0.4) is 0 Å². The van der Waals surface area contributed by atoms with Crippen molar-refractivity contribution in [2.24, 2.45) is 5.73 Å². The number of carbonyl (C=O) groups excluding carboxylic acids is 1. The predicted molar refractivity (Wildman–Crippen MR) is 75.1 cm³/mol. The molecule has 1 amide bonds. The molecule has 2 rings (SSSR count). The minimum Gasteiger partial charge on any atom is -0.479 e. The number of carboxylic acids is 1. The van der Waals surface area contributed by atoms with E-state index in [1.165, 1.54) is 4.90 Å². The predicted octanol–water partition coefficient (Wildman–Crippen LogP) is 1.32. The second-order valence-electron chi connectivity index (χ2n) is 5.29. The van der Waals surface area contributed by atoms with Crippen molar-refractivity contribution in [3.63, 3.8) is 0 Å². The highest BCUT2D eigenvalue weighted by Gasteiger charge is 2.35. The van der Waals surface area contributed by atoms with Crippen molar-refractivity contribution in [3.05, 3.63) is 35.4 Å². The summed E-state index contributed by atoms with van der Waals surface area (Å²) < 4.78 is 0. The van der Waals surface area contributed by atoms with Crippen LogP contribution < -0.4 is 5.73 Å². The van der Waals surface area contributed by atoms with Gasteiger partial charge in [-0.1, -0.05) is 24.3 Å². The Labute approximate surface area is 118 Å². The van der Waals surface area contributed by atoms with Crippen LogP contribution in [0.15, 0.2) is 24.3 Å². The van der Waals surface area contributed by atoms with Gasteiger partial charge in [0.2, 0.25) is 5.91 Å². The molecule has 5 nitrogen and oxygen atoms in total. The standard InChI is InChI=1S/C15H20N2O3/c1-10(16)6-7-13(18)17-9-8-11-4-2-3-5-12(11)14(17)15(19)20/h2-5,10,14H,6-9,16H2,1H3,(H,19,20). The molecule has 1 heterocycles. The summed E-state index contributed by atoms with van der Waals surface area (Å²) in [5, 5.41) is 9.46. The Morgan fingerprint density at radius 3 is 2.80 bits per heavy atom. The molecule has 1 aromatic rings. The van der Waals surface area contributed by atoms with Gasteiger partial charge in [-0.2, -0.15) is 0 Å². The van der Waals surface area contributed by atoms with E-state index in [1.807, 2.05) is 25.1 Å². The Morgan fingerprint density at radius 1 is 1.45 bits per heavy atom. The van der Waals surface area contributed by atoms with E-state index in [0.717, 1.165) is 11.1 Å². The minimum absolute atomic E-state index is 0.0562. The van der Waals surface area contributed by atoms with E-state index in [9.17, 15) is 14.7 Å². The second kappa shape index (κ2) is 6.05. The number of aliphatic carboxylic acids is 1. The van der Waals surface area contributed by atoms with Crippen LogP contribution in [-0.4, -0.2) is 34.5 Å². The van der Waals surface area contributed by atoms with Gasteiger partial charge in [0.25, 0.3) is 0 Å². The first-order valence-electron chi connectivity index (χ1n) is 6.86. The number of nitrogens with zero attached hydrogens (tertiary/aromatic N) is 1. The molecule has 2 atom stereocenters. The quantitative estimate of drug-likeness (QED) is 0.869. The summed E-state index contributed by atoms with van der Waals surface area (Å²) in [7, 11) is 0. The van der Waals surface area contributed by atoms with Gasteiger partial charge in [-0.15, -0.1) is 0 Å². The van der Waals surface area contributed by atoms with Crippen molar-refractivity contribution in [1.29, 1.82) is 0 Å². The molecule has 1 aromatic carbocycles. The number of fused-ring (bicyclic) bond motifs is 1. The first-order chi connectivity index (χ1) is 9.50. The third-order valence-corrected chi connectivity index (χ3v) is 3.65. The summed E-state index contributed by atoms with van der Waals surface area (Å²) in [4.78, 5) is 25.3. The van der Waals surface area contributed by atoms with Gasteiger partial charge in [0.05, 0.1) is 0 Å². The zero-order valence-electron chi connectivity index (χ0n) is 11.6. The highest BCUT2D eigenvalue weighted by Crippen LogP contribution is 2.30. The van der Waals surface area contributed by atoms with Crippen LogP contribution in [0.4, 0.5) is 0 Å². The molecule has 20 heavy (non-hydrogen) atoms. The van der Waals surface area contributed by atoms with Gasteiger partial charge >= 0.3 is 5.97 Å². The van der Waals surface area contributed by atoms with E-state index in [1.54, 1.807) is 6.07 Å². The molecule has 0 aromatic heterocycles. The van der Waals surface area contributed by atoms with E-state index in [-0.39, 0.29) is 11.9 Å². The average molecular weight is 276 g/mol. The zero-order chi connectivity index (χ0) is 14.7. The number of carboxylic acid groups (broad SMARTS) is 1. The Balaban J connectivity index is 2.22. The maximum Gasteiger partial charge on any atom is 0.331 e. The van der Waals surface area contributed by atoms with Crippen molar-refractivity contribution in [3.8, 4) is 0 Å². The number of amides is 1. The summed E-state index contributed by atoms with van der Waals surface area (Å²) in [6.07, 6.45) is 1.57. The number of carbonyl (C=O) groups is 2. The van der Waals surface area contributed by atoms with Gasteiger partial charge in [0, 0.05) is 19.0 Å². The topological polar surface area (TPSA) is 83.6 Å². The summed E-state index contributed by atoms with van der Waals surface area (Å²) in [5.74, 6) is -1.12. The summed E-state index contributed by atoms with van der Waals surface area (Å²) in [6.45, 7) is 2.29. The molecule has 0 saturated carbocycles. The highest BCUT2D eigenvalue weighted by atomic mass is 16.4. The van der Waals surface area contributed by atoms with E-state index < -0.39 is 12.0 Å². The van der Waals surface area contributed by atoms with E-state index in [4.69, 9.17) is 5.73 Å². The van der Waals surface area contributed by atoms with Crippen LogP contribution in [0.5, 0.6) is 0 Å². The lowest BCUT2D eigenvalue weighted by atomic mass is 9.92. The van der Waals surface area contributed by atoms with Crippen molar-refractivity contribution >= 4 is 11.9 Å². The number of benzene rings is 1. The van der Waals surface area contributed by atoms with Crippen molar-refractivity contribution in [2.75, 3.05) is 6.54 Å². The number of nitrogens with two attached hydrogens (primary N) is 1. The fourth-order valence-electron chi connectivity index (χ4n) is 2.60. The van der Waals surface area contributed by atoms with Gasteiger partial charge < -0.3 is 15.7 Å². The Kier molecular flexibility index (Phi) is 4.39. The van der Waals surface area contributed by atoms with Crippen LogP contribution >= 0.6 is 0 Å². The highest BCUT2D eigenvalue weighted by molar-refractivity contribution is 5.85. The fraction of sp³-hybridized carbons (Fsp3) is 0.467. The number of hydrogen-bond acceptors (Lipinski definition) is 3. The second-order valence-corrected chi connectivity index (χ2v) is 5.29. The smallest absolute Gasteiger partial charge is 0.331 e. The van der Waals surface area contributed by atoms with Gasteiger partial charge in [-0.25, -0.2) is 4.79 Å². The largest absolute Gasteiger partial charge is 0.479 e. The number of rotatable bonds is 4. The molecule has 3 N–H and O–H groups in total. The normalized spacial score (nSPS) is 19.3. The van der Waals surface area contributed by atoms with Crippen LogP contribution in [-0.2, 0) is 16.0 Å². The van der Waals surface area contributed by atoms with Gasteiger partial charge in [0.15, 0.2) is 6.04 Å². The van der Waals surface area contributed by atoms with Crippen LogP contribution in [0.1, 0.15) is 36.9 Å². The van der Waals surface area contributed by atoms with E-state index in [0.29, 0.717) is 25.8 Å². The van der Waals surface area contributed by atoms with Crippen LogP contribution in [0.2, 0.25) is 0 Å². The van der Waals surface area contributed by atoms with E-state index >= 15 is 0 Å². The van der Waals surface area contributed by atoms with Crippen LogP contribution in [0.25, 0.3) is 0 Å². The molecule has 0 aliphatic carbocycles. The molecular formula is C15H20N2O3. The van der Waals surface area contributed by atoms with Crippen LogP contribution in [0, 0.1) is 0 Å². The molecule has 0 radical (unpaired) electrons. The zero-order valence-corrected chi connectivity index (χ0v) is 11.6. The monoisotopic (exact) mass is 276 g/mol. The van der Waals surface area contributed by atoms with Crippen molar-refractivity contribution in [2.45, 2.75) is 38.3 Å². The van der Waals surface area contributed by atoms with Crippen molar-refractivity contribution in [1.82, 2.24) is 4.90 Å². The van der Waals surface area contributed by atoms with Gasteiger partial charge in [-0.3, -0.25) is 4.79 Å². The van der Waals surface area contributed by atoms with Crippen molar-refractivity contribution < 1.29 is 14.7 Å². The maximum atomic E-state index is 12.2. The lowest BCUT2D eigenvalue weighted by molar-refractivity contribution is -0.151. The average Bonchev–Trinajstić information content (AvgIpc) is 2.43. The van der Waals surface area contributed by atoms with Gasteiger partial charge in [0.1, 0.15) is 0 Å². The molecular weight excluding hydrogens is 256 g/mol. The molecule has 0 fully saturated rings. The Morgan fingerprint density at radius 2 is 2.15 bits per heavy atom. The third kappa shape index (κ3) is 2.99. The summed E-state index contributed by atoms with van der Waals surface area (Å²) in [5.41, 5.74) is 7.39. The molecule has 108 valence electrons. The molecule has 2 unspecified atom stereocenters. The molecule has 1 aliphatic rings. The fourth-order valence-corrected chi connectivity index (χ4v) is 2.60. The van der Waals surface area contributed by atoms with Gasteiger partial charge in [-0.05, 0) is 30.9 Å². The molecule has 5 heteroatoms. The first kappa shape index (κ1) is 14.5. The molecule has 0 spiro atoms. The maximum absolute atomic E-state index is 12.2. The number of hydrogen-bond donors (Lipinski definition) is 2. The third-order valence-electron chi connectivity index (χ3n) is 3.65. The Hall–Kier alpha value is -1.88. The lowest BCUT2D eigenvalue weighted by Crippen LogP contribution is -2.43. The summed E-state index contributed by atoms with van der Waals surface area (Å²) in [6, 6.07) is 6.49. The first-order valence-corrected chi connectivity index (χ1v) is 6.86.